The molecule has 0 saturated carbocycles. The Bertz CT molecular complexity index is 1120. The fourth-order valence-corrected chi connectivity index (χ4v) is 3.41. The number of hydrogen-bond donors (Lipinski definition) is 1. The molecule has 0 bridgehead atoms. The van der Waals surface area contributed by atoms with E-state index in [0.29, 0.717) is 17.3 Å². The third-order valence-electron chi connectivity index (χ3n) is 4.89. The second-order valence-corrected chi connectivity index (χ2v) is 7.28. The molecule has 3 aromatic rings. The van der Waals surface area contributed by atoms with Crippen molar-refractivity contribution < 1.29 is 14.0 Å². The summed E-state index contributed by atoms with van der Waals surface area (Å²) >= 11 is 5.94. The highest BCUT2D eigenvalue weighted by Crippen LogP contribution is 2.29. The number of benzene rings is 1. The molecule has 10 heteroatoms. The maximum Gasteiger partial charge on any atom is 0.277 e. The molecule has 30 heavy (non-hydrogen) atoms. The molecular weight excluding hydrogens is 429 g/mol. The number of fused-ring (bicyclic) bond motifs is 1. The zero-order chi connectivity index (χ0) is 20.7. The number of carbonyl (C=O) groups excluding carboxylic acids is 2. The summed E-state index contributed by atoms with van der Waals surface area (Å²) in [6.07, 6.45) is 3.78. The minimum Gasteiger partial charge on any atom is -0.320 e. The van der Waals surface area contributed by atoms with Gasteiger partial charge in [0.2, 0.25) is 0 Å². The number of nitrogens with zero attached hydrogens (tertiary/aromatic N) is 4. The van der Waals surface area contributed by atoms with E-state index in [1.807, 2.05) is 6.92 Å². The number of pyridine rings is 1. The molecule has 1 atom stereocenters. The van der Waals surface area contributed by atoms with Crippen LogP contribution < -0.4 is 10.2 Å². The number of rotatable bonds is 3. The maximum atomic E-state index is 13.7. The number of nitrogens with one attached hydrogen (secondary N) is 1. The van der Waals surface area contributed by atoms with E-state index < -0.39 is 11.7 Å². The summed E-state index contributed by atoms with van der Waals surface area (Å²) < 4.78 is 15.3. The molecule has 156 valence electrons. The van der Waals surface area contributed by atoms with Crippen molar-refractivity contribution in [3.63, 3.8) is 0 Å². The number of carbonyl (C=O) groups is 2. The van der Waals surface area contributed by atoms with E-state index in [-0.39, 0.29) is 48.0 Å². The first-order valence-electron chi connectivity index (χ1n) is 8.93. The standard InChI is InChI=1S/C20H17ClFN5O2.H2S/c1-11-10-26(14-5-3-13(21)4-6-14)20(29)18-15(7-24-27(11)18)19(28)25-17-9-23-8-16(22)12(17)2;/h3-9,11H,10H2,1-2H3,(H,25,28);1H2/t11-;/m0./s1. The Morgan fingerprint density at radius 1 is 1.23 bits per heavy atom. The minimum atomic E-state index is -0.555. The number of aromatic nitrogens is 3. The average Bonchev–Trinajstić information content (AvgIpc) is 3.15. The fraction of sp³-hybridized carbons (Fsp3) is 0.200. The topological polar surface area (TPSA) is 80.1 Å². The van der Waals surface area contributed by atoms with Gasteiger partial charge in [-0.05, 0) is 38.1 Å². The normalized spacial score (nSPS) is 15.4. The van der Waals surface area contributed by atoms with Crippen LogP contribution in [-0.4, -0.2) is 33.1 Å². The molecule has 7 nitrogen and oxygen atoms in total. The monoisotopic (exact) mass is 447 g/mol. The van der Waals surface area contributed by atoms with E-state index in [1.54, 1.807) is 33.8 Å². The summed E-state index contributed by atoms with van der Waals surface area (Å²) in [6, 6.07) is 6.76. The Morgan fingerprint density at radius 3 is 2.63 bits per heavy atom. The summed E-state index contributed by atoms with van der Waals surface area (Å²) in [5.41, 5.74) is 1.47. The van der Waals surface area contributed by atoms with Gasteiger partial charge in [0.05, 0.1) is 35.9 Å². The molecule has 0 saturated heterocycles. The molecule has 1 aliphatic rings. The second-order valence-electron chi connectivity index (χ2n) is 6.84. The van der Waals surface area contributed by atoms with Crippen LogP contribution in [0.3, 0.4) is 0 Å². The van der Waals surface area contributed by atoms with Crippen LogP contribution in [-0.2, 0) is 0 Å². The Morgan fingerprint density at radius 2 is 1.93 bits per heavy atom. The van der Waals surface area contributed by atoms with Crippen molar-refractivity contribution in [2.75, 3.05) is 16.8 Å². The van der Waals surface area contributed by atoms with Crippen LogP contribution in [0.25, 0.3) is 0 Å². The van der Waals surface area contributed by atoms with Crippen LogP contribution in [0.2, 0.25) is 5.02 Å². The van der Waals surface area contributed by atoms with Crippen molar-refractivity contribution in [1.29, 1.82) is 0 Å². The van der Waals surface area contributed by atoms with Crippen LogP contribution in [0, 0.1) is 12.7 Å². The highest BCUT2D eigenvalue weighted by Gasteiger charge is 2.35. The molecule has 0 radical (unpaired) electrons. The smallest absolute Gasteiger partial charge is 0.277 e. The molecular formula is C20H19ClFN5O2S. The predicted octanol–water partition coefficient (Wildman–Crippen LogP) is 3.97. The highest BCUT2D eigenvalue weighted by atomic mass is 35.5. The summed E-state index contributed by atoms with van der Waals surface area (Å²) in [7, 11) is 0. The molecule has 0 spiro atoms. The predicted molar refractivity (Wildman–Crippen MR) is 117 cm³/mol. The van der Waals surface area contributed by atoms with Gasteiger partial charge in [-0.25, -0.2) is 4.39 Å². The van der Waals surface area contributed by atoms with Crippen LogP contribution in [0.1, 0.15) is 39.4 Å². The summed E-state index contributed by atoms with van der Waals surface area (Å²) in [5, 5.41) is 7.41. The average molecular weight is 448 g/mol. The van der Waals surface area contributed by atoms with Crippen LogP contribution >= 0.6 is 25.1 Å². The van der Waals surface area contributed by atoms with Crippen molar-refractivity contribution in [2.24, 2.45) is 0 Å². The molecule has 0 fully saturated rings. The molecule has 4 rings (SSSR count). The Balaban J connectivity index is 0.00000256. The maximum absolute atomic E-state index is 13.7. The molecule has 0 unspecified atom stereocenters. The molecule has 0 aliphatic carbocycles. The van der Waals surface area contributed by atoms with E-state index in [4.69, 9.17) is 11.6 Å². The minimum absolute atomic E-state index is 0. The van der Waals surface area contributed by atoms with Crippen molar-refractivity contribution in [2.45, 2.75) is 19.9 Å². The third kappa shape index (κ3) is 3.78. The largest absolute Gasteiger partial charge is 0.320 e. The number of hydrogen-bond acceptors (Lipinski definition) is 4. The summed E-state index contributed by atoms with van der Waals surface area (Å²) in [5.74, 6) is -1.43. The summed E-state index contributed by atoms with van der Waals surface area (Å²) in [4.78, 5) is 31.4. The first-order chi connectivity index (χ1) is 13.9. The first-order valence-corrected chi connectivity index (χ1v) is 9.31. The number of halogens is 2. The van der Waals surface area contributed by atoms with Gasteiger partial charge >= 0.3 is 0 Å². The third-order valence-corrected chi connectivity index (χ3v) is 5.14. The number of anilines is 2. The molecule has 1 N–H and O–H groups in total. The van der Waals surface area contributed by atoms with E-state index in [0.717, 1.165) is 6.20 Å². The van der Waals surface area contributed by atoms with Crippen molar-refractivity contribution in [1.82, 2.24) is 14.8 Å². The molecule has 2 amide bonds. The van der Waals surface area contributed by atoms with E-state index in [9.17, 15) is 14.0 Å². The van der Waals surface area contributed by atoms with E-state index in [2.05, 4.69) is 15.4 Å². The molecule has 1 aromatic carbocycles. The van der Waals surface area contributed by atoms with Gasteiger partial charge in [-0.2, -0.15) is 18.6 Å². The van der Waals surface area contributed by atoms with Gasteiger partial charge in [0.25, 0.3) is 11.8 Å². The van der Waals surface area contributed by atoms with Gasteiger partial charge in [-0.15, -0.1) is 0 Å². The lowest BCUT2D eigenvalue weighted by Gasteiger charge is -2.32. The Hall–Kier alpha value is -2.91. The van der Waals surface area contributed by atoms with Crippen LogP contribution in [0.4, 0.5) is 15.8 Å². The first kappa shape index (κ1) is 21.8. The van der Waals surface area contributed by atoms with Gasteiger partial charge < -0.3 is 10.2 Å². The lowest BCUT2D eigenvalue weighted by atomic mass is 10.1. The van der Waals surface area contributed by atoms with Gasteiger partial charge in [0, 0.05) is 22.8 Å². The lowest BCUT2D eigenvalue weighted by molar-refractivity contribution is 0.0939. The molecule has 3 heterocycles. The second kappa shape index (κ2) is 8.45. The van der Waals surface area contributed by atoms with Gasteiger partial charge in [0.15, 0.2) is 0 Å². The van der Waals surface area contributed by atoms with Crippen LogP contribution in [0.5, 0.6) is 0 Å². The lowest BCUT2D eigenvalue weighted by Crippen LogP contribution is -2.43. The van der Waals surface area contributed by atoms with Crippen LogP contribution in [0.15, 0.2) is 42.9 Å². The quantitative estimate of drug-likeness (QED) is 0.658. The van der Waals surface area contributed by atoms with Gasteiger partial charge in [-0.1, -0.05) is 11.6 Å². The fourth-order valence-electron chi connectivity index (χ4n) is 3.29. The Kier molecular flexibility index (Phi) is 6.14. The van der Waals surface area contributed by atoms with Crippen molar-refractivity contribution in [3.05, 3.63) is 70.5 Å². The van der Waals surface area contributed by atoms with Crippen molar-refractivity contribution in [3.8, 4) is 0 Å². The molecule has 1 aliphatic heterocycles. The zero-order valence-electron chi connectivity index (χ0n) is 16.2. The van der Waals surface area contributed by atoms with Gasteiger partial charge in [-0.3, -0.25) is 19.3 Å². The zero-order valence-corrected chi connectivity index (χ0v) is 17.9. The summed E-state index contributed by atoms with van der Waals surface area (Å²) in [6.45, 7) is 3.85. The molecule has 2 aromatic heterocycles. The van der Waals surface area contributed by atoms with Crippen molar-refractivity contribution >= 4 is 48.3 Å². The van der Waals surface area contributed by atoms with Gasteiger partial charge in [0.1, 0.15) is 11.5 Å². The number of amides is 2. The highest BCUT2D eigenvalue weighted by molar-refractivity contribution is 7.59. The van der Waals surface area contributed by atoms with E-state index in [1.165, 1.54) is 19.3 Å². The SMILES string of the molecule is Cc1c(F)cncc1NC(=O)c1cnn2c1C(=O)N(c1ccc(Cl)cc1)C[C@@H]2C.S. The van der Waals surface area contributed by atoms with E-state index >= 15 is 0 Å². The Labute approximate surface area is 184 Å².